The summed E-state index contributed by atoms with van der Waals surface area (Å²) >= 11 is 5.79. The van der Waals surface area contributed by atoms with Gasteiger partial charge in [-0.2, -0.15) is 0 Å². The Morgan fingerprint density at radius 1 is 1.24 bits per heavy atom. The Morgan fingerprint density at radius 3 is 2.43 bits per heavy atom. The minimum Gasteiger partial charge on any atom is -0.397 e. The highest BCUT2D eigenvalue weighted by Gasteiger charge is 2.26. The Kier molecular flexibility index (Phi) is 4.80. The number of nitrogen functional groups attached to an aromatic ring is 1. The van der Waals surface area contributed by atoms with Gasteiger partial charge in [0.15, 0.2) is 0 Å². The van der Waals surface area contributed by atoms with Crippen molar-refractivity contribution in [1.82, 2.24) is 4.90 Å². The second-order valence-electron chi connectivity index (χ2n) is 4.87. The molecular weight excluding hydrogens is 294 g/mol. The number of hydrogen-bond donors (Lipinski definition) is 2. The van der Waals surface area contributed by atoms with E-state index in [2.05, 4.69) is 5.32 Å². The first-order valence-electron chi connectivity index (χ1n) is 6.65. The maximum Gasteiger partial charge on any atom is 0.244 e. The summed E-state index contributed by atoms with van der Waals surface area (Å²) in [6, 6.07) is 4.68. The molecule has 1 aromatic carbocycles. The number of likely N-dealkylation sites (tertiary alicyclic amines) is 1. The predicted octanol–water partition coefficient (Wildman–Crippen LogP) is 1.79. The summed E-state index contributed by atoms with van der Waals surface area (Å²) in [5.41, 5.74) is 6.46. The summed E-state index contributed by atoms with van der Waals surface area (Å²) in [7, 11) is 0. The smallest absolute Gasteiger partial charge is 0.244 e. The Balaban J connectivity index is 2.01. The van der Waals surface area contributed by atoms with Crippen LogP contribution in [0, 0.1) is 0 Å². The molecule has 7 heteroatoms. The highest BCUT2D eigenvalue weighted by atomic mass is 35.5. The number of rotatable bonds is 3. The second kappa shape index (κ2) is 6.58. The number of carbonyl (C=O) groups is 3. The van der Waals surface area contributed by atoms with E-state index >= 15 is 0 Å². The lowest BCUT2D eigenvalue weighted by molar-refractivity contribution is -0.146. The molecule has 0 unspecified atom stereocenters. The van der Waals surface area contributed by atoms with Crippen LogP contribution in [0.5, 0.6) is 0 Å². The minimum atomic E-state index is -0.444. The topological polar surface area (TPSA) is 92.5 Å². The Labute approximate surface area is 127 Å². The lowest BCUT2D eigenvalue weighted by Gasteiger charge is -2.18. The predicted molar refractivity (Wildman–Crippen MR) is 79.7 cm³/mol. The molecule has 1 heterocycles. The fraction of sp³-hybridized carbons (Fsp3) is 0.357. The van der Waals surface area contributed by atoms with Gasteiger partial charge in [-0.25, -0.2) is 0 Å². The van der Waals surface area contributed by atoms with Crippen LogP contribution in [-0.2, 0) is 14.4 Å². The van der Waals surface area contributed by atoms with Crippen LogP contribution in [0.3, 0.4) is 0 Å². The number of nitrogens with zero attached hydrogens (tertiary/aromatic N) is 1. The average Bonchev–Trinajstić information content (AvgIpc) is 2.58. The summed E-state index contributed by atoms with van der Waals surface area (Å²) < 4.78 is 0. The summed E-state index contributed by atoms with van der Waals surface area (Å²) in [5, 5.41) is 2.99. The zero-order valence-corrected chi connectivity index (χ0v) is 12.2. The number of anilines is 2. The van der Waals surface area contributed by atoms with Crippen LogP contribution in [0.1, 0.15) is 25.7 Å². The Hall–Kier alpha value is -2.08. The largest absolute Gasteiger partial charge is 0.397 e. The van der Waals surface area contributed by atoms with Crippen LogP contribution in [0.15, 0.2) is 18.2 Å². The van der Waals surface area contributed by atoms with E-state index in [4.69, 9.17) is 17.3 Å². The van der Waals surface area contributed by atoms with Gasteiger partial charge in [0.1, 0.15) is 6.54 Å². The average molecular weight is 310 g/mol. The normalized spacial score (nSPS) is 15.8. The molecule has 1 aliphatic heterocycles. The number of benzene rings is 1. The third-order valence-corrected chi connectivity index (χ3v) is 3.56. The molecule has 0 spiro atoms. The molecule has 0 aliphatic carbocycles. The molecule has 1 aromatic rings. The molecule has 3 N–H and O–H groups in total. The van der Waals surface area contributed by atoms with Crippen molar-refractivity contribution < 1.29 is 14.4 Å². The van der Waals surface area contributed by atoms with Gasteiger partial charge < -0.3 is 11.1 Å². The fourth-order valence-electron chi connectivity index (χ4n) is 2.10. The van der Waals surface area contributed by atoms with E-state index < -0.39 is 5.91 Å². The lowest BCUT2D eigenvalue weighted by Crippen LogP contribution is -2.41. The van der Waals surface area contributed by atoms with Gasteiger partial charge in [0, 0.05) is 18.5 Å². The van der Waals surface area contributed by atoms with Gasteiger partial charge >= 0.3 is 0 Å². The maximum absolute atomic E-state index is 11.9. The molecular formula is C14H16ClN3O3. The number of nitrogens with one attached hydrogen (secondary N) is 1. The quantitative estimate of drug-likeness (QED) is 0.657. The van der Waals surface area contributed by atoms with Crippen molar-refractivity contribution in [2.45, 2.75) is 25.7 Å². The van der Waals surface area contributed by atoms with E-state index in [-0.39, 0.29) is 18.4 Å². The zero-order valence-electron chi connectivity index (χ0n) is 11.4. The molecule has 0 aromatic heterocycles. The van der Waals surface area contributed by atoms with E-state index in [1.807, 2.05) is 0 Å². The Morgan fingerprint density at radius 2 is 1.86 bits per heavy atom. The molecule has 0 atom stereocenters. The van der Waals surface area contributed by atoms with Crippen molar-refractivity contribution in [2.24, 2.45) is 0 Å². The summed E-state index contributed by atoms with van der Waals surface area (Å²) in [4.78, 5) is 36.6. The van der Waals surface area contributed by atoms with E-state index in [0.29, 0.717) is 42.1 Å². The molecule has 0 radical (unpaired) electrons. The third-order valence-electron chi connectivity index (χ3n) is 3.21. The highest BCUT2D eigenvalue weighted by molar-refractivity contribution is 6.33. The van der Waals surface area contributed by atoms with Crippen molar-refractivity contribution in [3.63, 3.8) is 0 Å². The van der Waals surface area contributed by atoms with Gasteiger partial charge in [-0.05, 0) is 31.0 Å². The van der Waals surface area contributed by atoms with Crippen LogP contribution in [0.25, 0.3) is 0 Å². The van der Waals surface area contributed by atoms with E-state index in [9.17, 15) is 14.4 Å². The number of imide groups is 1. The van der Waals surface area contributed by atoms with E-state index in [0.717, 1.165) is 4.90 Å². The molecule has 21 heavy (non-hydrogen) atoms. The lowest BCUT2D eigenvalue weighted by atomic mass is 10.2. The standard InChI is InChI=1S/C14H16ClN3O3/c15-10-6-5-9(7-11(10)16)17-12(19)8-18-13(20)3-1-2-4-14(18)21/h5-7H,1-4,8,16H2,(H,17,19). The summed E-state index contributed by atoms with van der Waals surface area (Å²) in [6.45, 7) is -0.278. The first-order valence-corrected chi connectivity index (χ1v) is 7.03. The first kappa shape index (κ1) is 15.3. The minimum absolute atomic E-state index is 0.278. The van der Waals surface area contributed by atoms with Crippen molar-refractivity contribution in [3.8, 4) is 0 Å². The van der Waals surface area contributed by atoms with Gasteiger partial charge in [0.25, 0.3) is 0 Å². The van der Waals surface area contributed by atoms with E-state index in [1.165, 1.54) is 6.07 Å². The molecule has 112 valence electrons. The monoisotopic (exact) mass is 309 g/mol. The number of nitrogens with two attached hydrogens (primary N) is 1. The van der Waals surface area contributed by atoms with E-state index in [1.54, 1.807) is 12.1 Å². The Bertz CT molecular complexity index is 571. The number of hydrogen-bond acceptors (Lipinski definition) is 4. The number of carbonyl (C=O) groups excluding carboxylic acids is 3. The zero-order chi connectivity index (χ0) is 15.4. The van der Waals surface area contributed by atoms with Crippen LogP contribution in [0.4, 0.5) is 11.4 Å². The SMILES string of the molecule is Nc1cc(NC(=O)CN2C(=O)CCCCC2=O)ccc1Cl. The molecule has 0 bridgehead atoms. The third kappa shape index (κ3) is 3.95. The van der Waals surface area contributed by atoms with Crippen LogP contribution in [0.2, 0.25) is 5.02 Å². The molecule has 3 amide bonds. The molecule has 2 rings (SSSR count). The van der Waals surface area contributed by atoms with Crippen molar-refractivity contribution in [1.29, 1.82) is 0 Å². The van der Waals surface area contributed by atoms with Crippen molar-refractivity contribution in [3.05, 3.63) is 23.2 Å². The van der Waals surface area contributed by atoms with Crippen molar-refractivity contribution >= 4 is 40.7 Å². The van der Waals surface area contributed by atoms with Gasteiger partial charge in [-0.15, -0.1) is 0 Å². The molecule has 0 saturated carbocycles. The molecule has 1 aliphatic rings. The second-order valence-corrected chi connectivity index (χ2v) is 5.27. The van der Waals surface area contributed by atoms with Gasteiger partial charge in [-0.1, -0.05) is 11.6 Å². The summed E-state index contributed by atoms with van der Waals surface area (Å²) in [6.07, 6.45) is 1.95. The number of halogens is 1. The highest BCUT2D eigenvalue weighted by Crippen LogP contribution is 2.22. The summed E-state index contributed by atoms with van der Waals surface area (Å²) in [5.74, 6) is -1.05. The fourth-order valence-corrected chi connectivity index (χ4v) is 2.22. The number of amides is 3. The molecule has 1 fully saturated rings. The van der Waals surface area contributed by atoms with Gasteiger partial charge in [0.05, 0.1) is 10.7 Å². The molecule has 6 nitrogen and oxygen atoms in total. The van der Waals surface area contributed by atoms with Gasteiger partial charge in [-0.3, -0.25) is 19.3 Å². The van der Waals surface area contributed by atoms with Crippen molar-refractivity contribution in [2.75, 3.05) is 17.6 Å². The first-order chi connectivity index (χ1) is 9.97. The van der Waals surface area contributed by atoms with Crippen LogP contribution in [-0.4, -0.2) is 29.2 Å². The van der Waals surface area contributed by atoms with Crippen LogP contribution >= 0.6 is 11.6 Å². The molecule has 1 saturated heterocycles. The maximum atomic E-state index is 11.9. The van der Waals surface area contributed by atoms with Crippen LogP contribution < -0.4 is 11.1 Å². The van der Waals surface area contributed by atoms with Gasteiger partial charge in [0.2, 0.25) is 17.7 Å².